The topological polar surface area (TPSA) is 86.7 Å². The highest BCUT2D eigenvalue weighted by Crippen LogP contribution is 2.19. The first-order valence-corrected chi connectivity index (χ1v) is 3.85. The molecule has 8 heteroatoms. The average Bonchev–Trinajstić information content (AvgIpc) is 2.70. The molecule has 0 aliphatic rings. The highest BCUT2D eigenvalue weighted by Gasteiger charge is 2.19. The van der Waals surface area contributed by atoms with Gasteiger partial charge in [-0.1, -0.05) is 0 Å². The maximum absolute atomic E-state index is 12.7. The van der Waals surface area contributed by atoms with Gasteiger partial charge in [-0.2, -0.15) is 10.2 Å². The molecule has 0 spiro atoms. The van der Waals surface area contributed by atoms with Crippen LogP contribution in [0.1, 0.15) is 0 Å². The molecule has 0 fully saturated rings. The van der Waals surface area contributed by atoms with Crippen LogP contribution >= 0.6 is 0 Å². The number of nitrogens with zero attached hydrogens (tertiary/aromatic N) is 5. The van der Waals surface area contributed by atoms with Gasteiger partial charge in [0.15, 0.2) is 0 Å². The molecule has 2 heterocycles. The fourth-order valence-corrected chi connectivity index (χ4v) is 1.03. The Kier molecular flexibility index (Phi) is 2.08. The Labute approximate surface area is 82.3 Å². The molecule has 2 aromatic heterocycles. The van der Waals surface area contributed by atoms with Crippen LogP contribution in [0.5, 0.6) is 0 Å². The third-order valence-electron chi connectivity index (χ3n) is 1.62. The summed E-state index contributed by atoms with van der Waals surface area (Å²) in [6, 6.07) is 0.770. The normalized spacial score (nSPS) is 10.2. The molecule has 0 saturated heterocycles. The maximum Gasteiger partial charge on any atom is 0.318 e. The molecule has 0 saturated carbocycles. The zero-order chi connectivity index (χ0) is 10.8. The third kappa shape index (κ3) is 1.64. The number of aromatic nitrogens is 4. The predicted octanol–water partition coefficient (Wildman–Crippen LogP) is 0.710. The van der Waals surface area contributed by atoms with Crippen molar-refractivity contribution in [3.63, 3.8) is 0 Å². The van der Waals surface area contributed by atoms with Crippen molar-refractivity contribution in [3.8, 4) is 5.82 Å². The molecule has 0 aliphatic heterocycles. The van der Waals surface area contributed by atoms with Gasteiger partial charge in [-0.25, -0.2) is 9.37 Å². The van der Waals surface area contributed by atoms with Gasteiger partial charge in [0.2, 0.25) is 0 Å². The number of rotatable bonds is 2. The van der Waals surface area contributed by atoms with Crippen LogP contribution in [0.4, 0.5) is 10.1 Å². The van der Waals surface area contributed by atoms with Gasteiger partial charge in [-0.15, -0.1) is 4.80 Å². The molecule has 15 heavy (non-hydrogen) atoms. The summed E-state index contributed by atoms with van der Waals surface area (Å²) in [5, 5.41) is 17.9. The van der Waals surface area contributed by atoms with Gasteiger partial charge >= 0.3 is 5.69 Å². The zero-order valence-electron chi connectivity index (χ0n) is 7.24. The quantitative estimate of drug-likeness (QED) is 0.536. The first-order valence-electron chi connectivity index (χ1n) is 3.85. The molecule has 0 N–H and O–H groups in total. The molecule has 2 aromatic rings. The van der Waals surface area contributed by atoms with E-state index >= 15 is 0 Å². The van der Waals surface area contributed by atoms with Crippen molar-refractivity contribution in [2.45, 2.75) is 0 Å². The third-order valence-corrected chi connectivity index (χ3v) is 1.62. The smallest absolute Gasteiger partial charge is 0.258 e. The highest BCUT2D eigenvalue weighted by molar-refractivity contribution is 5.44. The van der Waals surface area contributed by atoms with Crippen molar-refractivity contribution in [2.75, 3.05) is 0 Å². The van der Waals surface area contributed by atoms with Crippen molar-refractivity contribution >= 4 is 5.69 Å². The van der Waals surface area contributed by atoms with Gasteiger partial charge in [-0.3, -0.25) is 10.1 Å². The molecule has 0 aliphatic carbocycles. The summed E-state index contributed by atoms with van der Waals surface area (Å²) in [6.07, 6.45) is 3.55. The van der Waals surface area contributed by atoms with Crippen LogP contribution in [0.15, 0.2) is 24.7 Å². The highest BCUT2D eigenvalue weighted by atomic mass is 19.1. The first kappa shape index (κ1) is 9.19. The summed E-state index contributed by atoms with van der Waals surface area (Å²) in [4.78, 5) is 14.4. The van der Waals surface area contributed by atoms with Crippen molar-refractivity contribution in [1.82, 2.24) is 20.0 Å². The summed E-state index contributed by atoms with van der Waals surface area (Å²) < 4.78 is 12.7. The molecule has 0 radical (unpaired) electrons. The van der Waals surface area contributed by atoms with Gasteiger partial charge in [0.25, 0.3) is 5.82 Å². The van der Waals surface area contributed by atoms with Crippen molar-refractivity contribution in [3.05, 3.63) is 40.6 Å². The molecule has 76 valence electrons. The molecular weight excluding hydrogens is 205 g/mol. The zero-order valence-corrected chi connectivity index (χ0v) is 7.24. The monoisotopic (exact) mass is 209 g/mol. The lowest BCUT2D eigenvalue weighted by Gasteiger charge is -1.99. The SMILES string of the molecule is O=[N+]([O-])c1cc(F)cnc1-n1nccn1. The lowest BCUT2D eigenvalue weighted by molar-refractivity contribution is -0.385. The summed E-state index contributed by atoms with van der Waals surface area (Å²) >= 11 is 0. The standard InChI is InChI=1S/C7H4FN5O2/c8-5-3-6(13(14)15)7(9-4-5)12-10-1-2-11-12/h1-4H. The van der Waals surface area contributed by atoms with E-state index in [1.54, 1.807) is 0 Å². The molecule has 7 nitrogen and oxygen atoms in total. The van der Waals surface area contributed by atoms with Crippen LogP contribution in [0.25, 0.3) is 5.82 Å². The van der Waals surface area contributed by atoms with Crippen LogP contribution in [-0.4, -0.2) is 24.9 Å². The van der Waals surface area contributed by atoms with Gasteiger partial charge in [0.05, 0.1) is 29.6 Å². The largest absolute Gasteiger partial charge is 0.318 e. The second kappa shape index (κ2) is 3.40. The van der Waals surface area contributed by atoms with Crippen molar-refractivity contribution in [1.29, 1.82) is 0 Å². The van der Waals surface area contributed by atoms with Crippen molar-refractivity contribution in [2.24, 2.45) is 0 Å². The number of hydrogen-bond donors (Lipinski definition) is 0. The van der Waals surface area contributed by atoms with E-state index in [1.807, 2.05) is 0 Å². The van der Waals surface area contributed by atoms with E-state index in [1.165, 1.54) is 12.4 Å². The van der Waals surface area contributed by atoms with Crippen LogP contribution in [0, 0.1) is 15.9 Å². The van der Waals surface area contributed by atoms with Gasteiger partial charge in [0, 0.05) is 0 Å². The Bertz CT molecular complexity index is 498. The minimum absolute atomic E-state index is 0.119. The van der Waals surface area contributed by atoms with E-state index in [9.17, 15) is 14.5 Å². The molecule has 0 aromatic carbocycles. The van der Waals surface area contributed by atoms with Gasteiger partial charge in [-0.05, 0) is 0 Å². The summed E-state index contributed by atoms with van der Waals surface area (Å²) in [5.74, 6) is -0.899. The molecular formula is C7H4FN5O2. The Balaban J connectivity index is 2.61. The number of pyridine rings is 1. The number of hydrogen-bond acceptors (Lipinski definition) is 5. The maximum atomic E-state index is 12.7. The number of halogens is 1. The summed E-state index contributed by atoms with van der Waals surface area (Å²) in [7, 11) is 0. The number of nitro groups is 1. The molecule has 0 unspecified atom stereocenters. The summed E-state index contributed by atoms with van der Waals surface area (Å²) in [6.45, 7) is 0. The van der Waals surface area contributed by atoms with E-state index in [2.05, 4.69) is 15.2 Å². The van der Waals surface area contributed by atoms with Crippen molar-refractivity contribution < 1.29 is 9.31 Å². The molecule has 0 amide bonds. The average molecular weight is 209 g/mol. The van der Waals surface area contributed by atoms with Gasteiger partial charge < -0.3 is 0 Å². The van der Waals surface area contributed by atoms with E-state index in [-0.39, 0.29) is 5.82 Å². The van der Waals surface area contributed by atoms with Crippen LogP contribution < -0.4 is 0 Å². The fourth-order valence-electron chi connectivity index (χ4n) is 1.03. The van der Waals surface area contributed by atoms with Crippen LogP contribution in [-0.2, 0) is 0 Å². The van der Waals surface area contributed by atoms with E-state index in [0.29, 0.717) is 0 Å². The lowest BCUT2D eigenvalue weighted by Crippen LogP contribution is -2.06. The predicted molar refractivity (Wildman–Crippen MR) is 45.8 cm³/mol. The van der Waals surface area contributed by atoms with E-state index in [0.717, 1.165) is 17.1 Å². The second-order valence-electron chi connectivity index (χ2n) is 2.57. The lowest BCUT2D eigenvalue weighted by atomic mass is 10.4. The second-order valence-corrected chi connectivity index (χ2v) is 2.57. The molecule has 2 rings (SSSR count). The van der Waals surface area contributed by atoms with Crippen LogP contribution in [0.3, 0.4) is 0 Å². The minimum atomic E-state index is -0.780. The van der Waals surface area contributed by atoms with Gasteiger partial charge in [0.1, 0.15) is 5.82 Å². The Morgan fingerprint density at radius 1 is 1.40 bits per heavy atom. The van der Waals surface area contributed by atoms with E-state index in [4.69, 9.17) is 0 Å². The minimum Gasteiger partial charge on any atom is -0.258 e. The Morgan fingerprint density at radius 2 is 2.07 bits per heavy atom. The Hall–Kier alpha value is -2.38. The fraction of sp³-hybridized carbons (Fsp3) is 0. The first-order chi connectivity index (χ1) is 7.18. The summed E-state index contributed by atoms with van der Waals surface area (Å²) in [5.41, 5.74) is -0.480. The molecule has 0 atom stereocenters. The Morgan fingerprint density at radius 3 is 2.67 bits per heavy atom. The molecule has 0 bridgehead atoms. The van der Waals surface area contributed by atoms with E-state index < -0.39 is 16.4 Å². The van der Waals surface area contributed by atoms with Crippen LogP contribution in [0.2, 0.25) is 0 Å².